The lowest BCUT2D eigenvalue weighted by Crippen LogP contribution is -2.23. The van der Waals surface area contributed by atoms with Crippen LogP contribution in [0.5, 0.6) is 5.75 Å². The molecule has 0 radical (unpaired) electrons. The summed E-state index contributed by atoms with van der Waals surface area (Å²) < 4.78 is 5.59. The third-order valence-electron chi connectivity index (χ3n) is 3.88. The van der Waals surface area contributed by atoms with Crippen LogP contribution in [-0.4, -0.2) is 53.1 Å². The van der Waals surface area contributed by atoms with Crippen LogP contribution in [0.15, 0.2) is 36.5 Å². The van der Waals surface area contributed by atoms with Crippen molar-refractivity contribution in [2.75, 3.05) is 31.3 Å². The molecule has 3 rings (SSSR count). The Morgan fingerprint density at radius 1 is 1.22 bits per heavy atom. The van der Waals surface area contributed by atoms with E-state index in [9.17, 15) is 9.59 Å². The summed E-state index contributed by atoms with van der Waals surface area (Å²) >= 11 is 0. The smallest absolute Gasteiger partial charge is 0.225 e. The molecule has 2 aromatic heterocycles. The number of hydrogen-bond acceptors (Lipinski definition) is 6. The third-order valence-corrected chi connectivity index (χ3v) is 3.88. The van der Waals surface area contributed by atoms with Gasteiger partial charge in [0, 0.05) is 31.4 Å². The van der Waals surface area contributed by atoms with Crippen molar-refractivity contribution in [3.63, 3.8) is 0 Å². The number of carbonyl (C=O) groups excluding carboxylic acids is 2. The lowest BCUT2D eigenvalue weighted by Gasteiger charge is -2.13. The highest BCUT2D eigenvalue weighted by molar-refractivity contribution is 5.98. The van der Waals surface area contributed by atoms with Gasteiger partial charge in [0.1, 0.15) is 5.75 Å². The number of fused-ring (bicyclic) bond motifs is 1. The van der Waals surface area contributed by atoms with E-state index in [-0.39, 0.29) is 5.91 Å². The lowest BCUT2D eigenvalue weighted by atomic mass is 10.2. The van der Waals surface area contributed by atoms with Gasteiger partial charge in [0.15, 0.2) is 11.5 Å². The van der Waals surface area contributed by atoms with Crippen molar-refractivity contribution in [3.8, 4) is 5.75 Å². The standard InChI is InChI=1S/C18H20N6O3/c1-24(2)15(26)8-10-27-13-5-3-12(4-6-13)21-16-14-7-9-19-17(14)22-23-18(16)20-11-25/h3-7,9,11H,8,10H2,1-2H3,(H2,19,21,22)(H,20,23,25). The maximum absolute atomic E-state index is 11.6. The normalized spacial score (nSPS) is 10.4. The largest absolute Gasteiger partial charge is 0.493 e. The van der Waals surface area contributed by atoms with Gasteiger partial charge >= 0.3 is 0 Å². The number of ether oxygens (including phenoxy) is 1. The van der Waals surface area contributed by atoms with Gasteiger partial charge in [0.2, 0.25) is 12.3 Å². The summed E-state index contributed by atoms with van der Waals surface area (Å²) in [6, 6.07) is 9.14. The number of benzene rings is 1. The molecule has 0 unspecified atom stereocenters. The summed E-state index contributed by atoms with van der Waals surface area (Å²) in [5.74, 6) is 1.02. The Morgan fingerprint density at radius 2 is 2.00 bits per heavy atom. The number of H-pyrrole nitrogens is 1. The van der Waals surface area contributed by atoms with E-state index in [2.05, 4.69) is 25.8 Å². The van der Waals surface area contributed by atoms with Gasteiger partial charge in [0.05, 0.1) is 18.7 Å². The summed E-state index contributed by atoms with van der Waals surface area (Å²) in [5, 5.41) is 14.6. The van der Waals surface area contributed by atoms with Gasteiger partial charge in [-0.05, 0) is 30.3 Å². The first kappa shape index (κ1) is 18.2. The van der Waals surface area contributed by atoms with Crippen LogP contribution < -0.4 is 15.4 Å². The van der Waals surface area contributed by atoms with Crippen LogP contribution in [-0.2, 0) is 9.59 Å². The van der Waals surface area contributed by atoms with Gasteiger partial charge in [0.25, 0.3) is 0 Å². The maximum atomic E-state index is 11.6. The predicted molar refractivity (Wildman–Crippen MR) is 102 cm³/mol. The predicted octanol–water partition coefficient (Wildman–Crippen LogP) is 2.13. The van der Waals surface area contributed by atoms with Crippen molar-refractivity contribution in [2.24, 2.45) is 0 Å². The van der Waals surface area contributed by atoms with Gasteiger partial charge in [-0.1, -0.05) is 0 Å². The number of nitrogens with one attached hydrogen (secondary N) is 3. The molecule has 0 aliphatic rings. The quantitative estimate of drug-likeness (QED) is 0.525. The van der Waals surface area contributed by atoms with E-state index >= 15 is 0 Å². The van der Waals surface area contributed by atoms with E-state index in [0.29, 0.717) is 42.3 Å². The molecule has 0 aliphatic carbocycles. The molecule has 0 saturated heterocycles. The molecule has 0 atom stereocenters. The van der Waals surface area contributed by atoms with Gasteiger partial charge in [-0.15, -0.1) is 10.2 Å². The molecule has 3 aromatic rings. The van der Waals surface area contributed by atoms with Crippen LogP contribution in [0.4, 0.5) is 17.2 Å². The van der Waals surface area contributed by atoms with Gasteiger partial charge in [-0.3, -0.25) is 9.59 Å². The van der Waals surface area contributed by atoms with Crippen LogP contribution >= 0.6 is 0 Å². The topological polar surface area (TPSA) is 112 Å². The number of anilines is 3. The molecule has 9 nitrogen and oxygen atoms in total. The van der Waals surface area contributed by atoms with Crippen molar-refractivity contribution in [2.45, 2.75) is 6.42 Å². The fourth-order valence-electron chi connectivity index (χ4n) is 2.46. The minimum atomic E-state index is 0.0178. The second-order valence-electron chi connectivity index (χ2n) is 5.96. The van der Waals surface area contributed by atoms with E-state index in [1.165, 1.54) is 4.90 Å². The molecule has 27 heavy (non-hydrogen) atoms. The number of amides is 2. The zero-order valence-electron chi connectivity index (χ0n) is 15.0. The molecule has 9 heteroatoms. The Kier molecular flexibility index (Phi) is 5.50. The first-order valence-electron chi connectivity index (χ1n) is 8.32. The molecular weight excluding hydrogens is 348 g/mol. The Morgan fingerprint density at radius 3 is 2.70 bits per heavy atom. The Balaban J connectivity index is 1.70. The van der Waals surface area contributed by atoms with Crippen molar-refractivity contribution in [1.29, 1.82) is 0 Å². The number of aromatic amines is 1. The van der Waals surface area contributed by atoms with Crippen LogP contribution in [0.2, 0.25) is 0 Å². The summed E-state index contributed by atoms with van der Waals surface area (Å²) in [5.41, 5.74) is 2.04. The third kappa shape index (κ3) is 4.32. The molecule has 0 fully saturated rings. The summed E-state index contributed by atoms with van der Waals surface area (Å²) in [6.45, 7) is 0.315. The Hall–Kier alpha value is -3.62. The van der Waals surface area contributed by atoms with E-state index in [1.807, 2.05) is 18.2 Å². The Labute approximate surface area is 155 Å². The van der Waals surface area contributed by atoms with Crippen molar-refractivity contribution < 1.29 is 14.3 Å². The minimum absolute atomic E-state index is 0.0178. The van der Waals surface area contributed by atoms with E-state index in [4.69, 9.17) is 4.74 Å². The molecule has 2 amide bonds. The van der Waals surface area contributed by atoms with E-state index < -0.39 is 0 Å². The van der Waals surface area contributed by atoms with Crippen LogP contribution in [0.25, 0.3) is 11.0 Å². The van der Waals surface area contributed by atoms with E-state index in [0.717, 1.165) is 11.1 Å². The highest BCUT2D eigenvalue weighted by Crippen LogP contribution is 2.30. The Bertz CT molecular complexity index is 936. The number of aromatic nitrogens is 3. The number of carbonyl (C=O) groups is 2. The fraction of sp³-hybridized carbons (Fsp3) is 0.222. The second kappa shape index (κ2) is 8.17. The van der Waals surface area contributed by atoms with Crippen LogP contribution in [0.3, 0.4) is 0 Å². The highest BCUT2D eigenvalue weighted by atomic mass is 16.5. The van der Waals surface area contributed by atoms with Crippen molar-refractivity contribution >= 4 is 40.5 Å². The molecule has 2 heterocycles. The molecule has 0 bridgehead atoms. The van der Waals surface area contributed by atoms with Crippen LogP contribution in [0.1, 0.15) is 6.42 Å². The summed E-state index contributed by atoms with van der Waals surface area (Å²) in [4.78, 5) is 26.9. The van der Waals surface area contributed by atoms with Gasteiger partial charge in [-0.2, -0.15) is 0 Å². The average Bonchev–Trinajstić information content (AvgIpc) is 3.14. The highest BCUT2D eigenvalue weighted by Gasteiger charge is 2.12. The number of rotatable bonds is 8. The zero-order valence-corrected chi connectivity index (χ0v) is 15.0. The fourth-order valence-corrected chi connectivity index (χ4v) is 2.46. The number of nitrogens with zero attached hydrogens (tertiary/aromatic N) is 3. The minimum Gasteiger partial charge on any atom is -0.493 e. The first-order chi connectivity index (χ1) is 13.1. The summed E-state index contributed by atoms with van der Waals surface area (Å²) in [7, 11) is 3.43. The first-order valence-corrected chi connectivity index (χ1v) is 8.32. The molecule has 1 aromatic carbocycles. The lowest BCUT2D eigenvalue weighted by molar-refractivity contribution is -0.129. The van der Waals surface area contributed by atoms with Crippen LogP contribution in [0, 0.1) is 0 Å². The molecule has 3 N–H and O–H groups in total. The molecule has 0 aliphatic heterocycles. The monoisotopic (exact) mass is 368 g/mol. The van der Waals surface area contributed by atoms with E-state index in [1.54, 1.807) is 32.4 Å². The van der Waals surface area contributed by atoms with Crippen molar-refractivity contribution in [1.82, 2.24) is 20.1 Å². The average molecular weight is 368 g/mol. The van der Waals surface area contributed by atoms with Gasteiger partial charge in [-0.25, -0.2) is 0 Å². The molecular formula is C18H20N6O3. The second-order valence-corrected chi connectivity index (χ2v) is 5.96. The molecule has 140 valence electrons. The van der Waals surface area contributed by atoms with Gasteiger partial charge < -0.3 is 25.3 Å². The maximum Gasteiger partial charge on any atom is 0.225 e. The summed E-state index contributed by atoms with van der Waals surface area (Å²) in [6.07, 6.45) is 2.63. The zero-order chi connectivity index (χ0) is 19.2. The SMILES string of the molecule is CN(C)C(=O)CCOc1ccc(Nc2c(NC=O)nnc3[nH]ccc23)cc1. The van der Waals surface area contributed by atoms with Crippen molar-refractivity contribution in [3.05, 3.63) is 36.5 Å². The number of hydrogen-bond donors (Lipinski definition) is 3. The molecule has 0 saturated carbocycles. The molecule has 0 spiro atoms.